The summed E-state index contributed by atoms with van der Waals surface area (Å²) in [5, 5.41) is 4.08. The Balaban J connectivity index is 1.16. The minimum absolute atomic E-state index is 0.442. The van der Waals surface area contributed by atoms with Crippen molar-refractivity contribution in [1.29, 1.82) is 0 Å². The molecule has 4 rings (SSSR count). The predicted molar refractivity (Wildman–Crippen MR) is 118 cm³/mol. The van der Waals surface area contributed by atoms with E-state index in [4.69, 9.17) is 16.3 Å². The lowest BCUT2D eigenvalue weighted by atomic mass is 9.86. The van der Waals surface area contributed by atoms with Crippen LogP contribution in [0.2, 0.25) is 5.02 Å². The van der Waals surface area contributed by atoms with Crippen LogP contribution >= 0.6 is 11.6 Å². The maximum Gasteiger partial charge on any atom is 0.225 e. The normalized spacial score (nSPS) is 27.4. The van der Waals surface area contributed by atoms with E-state index in [1.54, 1.807) is 12.4 Å². The molecule has 0 amide bonds. The number of hydrogen-bond donors (Lipinski definition) is 1. The van der Waals surface area contributed by atoms with E-state index in [1.165, 1.54) is 38.5 Å². The van der Waals surface area contributed by atoms with Crippen molar-refractivity contribution in [1.82, 2.24) is 15.3 Å². The van der Waals surface area contributed by atoms with Gasteiger partial charge in [0.15, 0.2) is 0 Å². The molecule has 0 bridgehead atoms. The highest BCUT2D eigenvalue weighted by Gasteiger charge is 2.43. The van der Waals surface area contributed by atoms with Crippen LogP contribution in [-0.2, 0) is 4.74 Å². The van der Waals surface area contributed by atoms with Gasteiger partial charge < -0.3 is 15.0 Å². The van der Waals surface area contributed by atoms with Crippen LogP contribution in [0.1, 0.15) is 52.4 Å². The first kappa shape index (κ1) is 21.3. The van der Waals surface area contributed by atoms with Crippen molar-refractivity contribution in [3.63, 3.8) is 0 Å². The Morgan fingerprint density at radius 3 is 2.48 bits per heavy atom. The molecule has 1 aliphatic carbocycles. The molecule has 0 spiro atoms. The average molecular weight is 421 g/mol. The van der Waals surface area contributed by atoms with Crippen molar-refractivity contribution in [3.05, 3.63) is 17.4 Å². The zero-order valence-corrected chi connectivity index (χ0v) is 18.8. The molecule has 3 atom stereocenters. The van der Waals surface area contributed by atoms with Crippen molar-refractivity contribution < 1.29 is 4.74 Å². The van der Waals surface area contributed by atoms with Crippen LogP contribution in [-0.4, -0.2) is 48.9 Å². The second-order valence-electron chi connectivity index (χ2n) is 9.64. The molecular weight excluding hydrogens is 384 g/mol. The smallest absolute Gasteiger partial charge is 0.225 e. The molecule has 3 heterocycles. The number of hydrogen-bond acceptors (Lipinski definition) is 5. The zero-order valence-electron chi connectivity index (χ0n) is 18.0. The molecule has 29 heavy (non-hydrogen) atoms. The highest BCUT2D eigenvalue weighted by atomic mass is 35.5. The summed E-state index contributed by atoms with van der Waals surface area (Å²) < 4.78 is 6.45. The Morgan fingerprint density at radius 2 is 1.83 bits per heavy atom. The van der Waals surface area contributed by atoms with Crippen molar-refractivity contribution >= 4 is 17.5 Å². The third-order valence-electron chi connectivity index (χ3n) is 7.32. The minimum atomic E-state index is 0.442. The third-order valence-corrected chi connectivity index (χ3v) is 7.51. The lowest BCUT2D eigenvalue weighted by Crippen LogP contribution is -2.38. The molecule has 5 nitrogen and oxygen atoms in total. The fourth-order valence-electron chi connectivity index (χ4n) is 5.58. The summed E-state index contributed by atoms with van der Waals surface area (Å²) in [7, 11) is 0. The number of ether oxygens (including phenoxy) is 1. The molecule has 1 aromatic rings. The Labute approximate surface area is 181 Å². The van der Waals surface area contributed by atoms with E-state index < -0.39 is 0 Å². The topological polar surface area (TPSA) is 50.3 Å². The molecule has 0 radical (unpaired) electrons. The summed E-state index contributed by atoms with van der Waals surface area (Å²) in [4.78, 5) is 11.1. The molecule has 2 saturated heterocycles. The molecule has 1 aromatic heterocycles. The molecule has 1 saturated carbocycles. The van der Waals surface area contributed by atoms with Gasteiger partial charge in [-0.2, -0.15) is 0 Å². The Kier molecular flexibility index (Phi) is 7.30. The van der Waals surface area contributed by atoms with Gasteiger partial charge >= 0.3 is 0 Å². The Hall–Kier alpha value is -0.910. The zero-order chi connectivity index (χ0) is 20.2. The number of anilines is 1. The van der Waals surface area contributed by atoms with Gasteiger partial charge in [0.1, 0.15) is 0 Å². The van der Waals surface area contributed by atoms with Gasteiger partial charge in [-0.25, -0.2) is 9.97 Å². The first-order chi connectivity index (χ1) is 14.1. The van der Waals surface area contributed by atoms with Crippen molar-refractivity contribution in [2.75, 3.05) is 37.7 Å². The molecule has 6 heteroatoms. The summed E-state index contributed by atoms with van der Waals surface area (Å²) in [5.74, 6) is 4.86. The molecule has 2 aliphatic heterocycles. The third kappa shape index (κ3) is 5.62. The fourth-order valence-corrected chi connectivity index (χ4v) is 5.68. The molecule has 3 aliphatic rings. The molecule has 1 unspecified atom stereocenters. The summed E-state index contributed by atoms with van der Waals surface area (Å²) >= 11 is 5.91. The second kappa shape index (κ2) is 9.93. The van der Waals surface area contributed by atoms with E-state index in [-0.39, 0.29) is 0 Å². The van der Waals surface area contributed by atoms with Crippen LogP contribution in [0, 0.1) is 29.6 Å². The van der Waals surface area contributed by atoms with E-state index in [1.807, 2.05) is 0 Å². The number of nitrogens with zero attached hydrogens (tertiary/aromatic N) is 3. The van der Waals surface area contributed by atoms with Gasteiger partial charge in [-0.1, -0.05) is 25.4 Å². The molecule has 1 N–H and O–H groups in total. The van der Waals surface area contributed by atoms with Crippen molar-refractivity contribution in [2.24, 2.45) is 29.6 Å². The van der Waals surface area contributed by atoms with Gasteiger partial charge in [0.05, 0.1) is 23.5 Å². The average Bonchev–Trinajstić information content (AvgIpc) is 3.52. The molecule has 162 valence electrons. The van der Waals surface area contributed by atoms with E-state index >= 15 is 0 Å². The summed E-state index contributed by atoms with van der Waals surface area (Å²) in [6.07, 6.45) is 11.6. The number of nitrogens with one attached hydrogen (secondary N) is 1. The van der Waals surface area contributed by atoms with Crippen LogP contribution < -0.4 is 10.2 Å². The standard InChI is InChI=1S/C23H37ClN4O/c1-16(2)22(18-3-8-25-9-4-18)29-12-7-19-13-21(19)17-5-10-28(11-6-17)23-26-14-20(24)15-27-23/h14-19,21-22,25H,3-13H2,1-2H3/t19-,21-,22?/m1/s1. The lowest BCUT2D eigenvalue weighted by Gasteiger charge is -2.33. The SMILES string of the molecule is CC(C)C(OCC[C@@H]1C[C@@H]1C1CCN(c2ncc(Cl)cn2)CC1)C1CCNCC1. The minimum Gasteiger partial charge on any atom is -0.378 e. The summed E-state index contributed by atoms with van der Waals surface area (Å²) in [5.41, 5.74) is 0. The largest absolute Gasteiger partial charge is 0.378 e. The fraction of sp³-hybridized carbons (Fsp3) is 0.826. The van der Waals surface area contributed by atoms with Crippen LogP contribution in [0.4, 0.5) is 5.95 Å². The van der Waals surface area contributed by atoms with E-state index in [2.05, 4.69) is 34.0 Å². The highest BCUT2D eigenvalue weighted by molar-refractivity contribution is 6.30. The van der Waals surface area contributed by atoms with Crippen LogP contribution in [0.5, 0.6) is 0 Å². The van der Waals surface area contributed by atoms with Gasteiger partial charge in [0, 0.05) is 19.7 Å². The van der Waals surface area contributed by atoms with Gasteiger partial charge in [0.25, 0.3) is 0 Å². The van der Waals surface area contributed by atoms with E-state index in [0.717, 1.165) is 62.4 Å². The molecule has 3 fully saturated rings. The maximum atomic E-state index is 6.45. The predicted octanol–water partition coefficient (Wildman–Crippen LogP) is 4.41. The molecular formula is C23H37ClN4O. The lowest BCUT2D eigenvalue weighted by molar-refractivity contribution is -0.0289. The molecule has 0 aromatic carbocycles. The van der Waals surface area contributed by atoms with E-state index in [0.29, 0.717) is 17.0 Å². The van der Waals surface area contributed by atoms with Crippen LogP contribution in [0.3, 0.4) is 0 Å². The maximum absolute atomic E-state index is 6.45. The van der Waals surface area contributed by atoms with Gasteiger partial charge in [-0.15, -0.1) is 0 Å². The van der Waals surface area contributed by atoms with Crippen LogP contribution in [0.15, 0.2) is 12.4 Å². The number of aromatic nitrogens is 2. The summed E-state index contributed by atoms with van der Waals surface area (Å²) in [6.45, 7) is 10.0. The van der Waals surface area contributed by atoms with Gasteiger partial charge in [0.2, 0.25) is 5.95 Å². The number of halogens is 1. The first-order valence-corrected chi connectivity index (χ1v) is 12.0. The van der Waals surface area contributed by atoms with Gasteiger partial charge in [-0.3, -0.25) is 0 Å². The first-order valence-electron chi connectivity index (χ1n) is 11.7. The van der Waals surface area contributed by atoms with E-state index in [9.17, 15) is 0 Å². The summed E-state index contributed by atoms with van der Waals surface area (Å²) in [6, 6.07) is 0. The van der Waals surface area contributed by atoms with Gasteiger partial charge in [-0.05, 0) is 81.2 Å². The van der Waals surface area contributed by atoms with Crippen molar-refractivity contribution in [3.8, 4) is 0 Å². The Morgan fingerprint density at radius 1 is 1.14 bits per heavy atom. The monoisotopic (exact) mass is 420 g/mol. The quantitative estimate of drug-likeness (QED) is 0.674. The Bertz CT molecular complexity index is 626. The number of rotatable bonds is 8. The van der Waals surface area contributed by atoms with Crippen LogP contribution in [0.25, 0.3) is 0 Å². The highest BCUT2D eigenvalue weighted by Crippen LogP contribution is 2.50. The van der Waals surface area contributed by atoms with Crippen molar-refractivity contribution in [2.45, 2.75) is 58.5 Å². The number of piperidine rings is 2. The second-order valence-corrected chi connectivity index (χ2v) is 10.1.